The van der Waals surface area contributed by atoms with Gasteiger partial charge in [-0.2, -0.15) is 0 Å². The molecule has 8 aliphatic rings. The molecule has 4 nitrogen and oxygen atoms in total. The third-order valence-electron chi connectivity index (χ3n) is 16.6. The Morgan fingerprint density at radius 3 is 2.05 bits per heavy atom. The van der Waals surface area contributed by atoms with Gasteiger partial charge in [0, 0.05) is 78.8 Å². The van der Waals surface area contributed by atoms with Crippen LogP contribution in [-0.2, 0) is 12.8 Å². The van der Waals surface area contributed by atoms with E-state index in [0.29, 0.717) is 47.8 Å². The summed E-state index contributed by atoms with van der Waals surface area (Å²) >= 11 is 0. The maximum atomic E-state index is 2.80. The largest absolute Gasteiger partial charge is 0.359 e. The van der Waals surface area contributed by atoms with Crippen LogP contribution >= 0.6 is 0 Å². The Morgan fingerprint density at radius 1 is 0.561 bits per heavy atom. The minimum absolute atomic E-state index is 0.317. The molecule has 66 heavy (non-hydrogen) atoms. The molecule has 8 atom stereocenters. The van der Waals surface area contributed by atoms with Crippen molar-refractivity contribution in [2.24, 2.45) is 23.7 Å². The Morgan fingerprint density at radius 2 is 1.32 bits per heavy atom. The third-order valence-corrected chi connectivity index (χ3v) is 16.6. The van der Waals surface area contributed by atoms with Crippen molar-refractivity contribution < 1.29 is 0 Å². The first-order valence-electron chi connectivity index (χ1n) is 25.9. The van der Waals surface area contributed by atoms with Crippen molar-refractivity contribution >= 4 is 35.2 Å². The third kappa shape index (κ3) is 7.63. The van der Waals surface area contributed by atoms with E-state index in [1.54, 1.807) is 5.69 Å². The van der Waals surface area contributed by atoms with Gasteiger partial charge < -0.3 is 18.9 Å². The van der Waals surface area contributed by atoms with Crippen LogP contribution in [0, 0.1) is 23.7 Å². The molecule has 0 saturated carbocycles. The summed E-state index contributed by atoms with van der Waals surface area (Å²) in [5, 5.41) is 4.23. The maximum Gasteiger partial charge on any atom is 0.0524 e. The fraction of sp³-hybridized carbons (Fsp3) is 0.387. The molecule has 0 fully saturated rings. The Bertz CT molecular complexity index is 2920. The van der Waals surface area contributed by atoms with Crippen molar-refractivity contribution in [1.29, 1.82) is 0 Å². The second-order valence-corrected chi connectivity index (χ2v) is 20.8. The summed E-state index contributed by atoms with van der Waals surface area (Å²) in [5.74, 6) is 2.36. The number of hydrogen-bond donors (Lipinski definition) is 0. The van der Waals surface area contributed by atoms with E-state index in [1.807, 2.05) is 0 Å². The predicted molar refractivity (Wildman–Crippen MR) is 277 cm³/mol. The standard InChI is InChI=1S/C62H68N4/c1-43-21-29-49(30-22-43)63(53-37-39-61-57(41-53)55-17-9-11-19-59(55)65(61)47-13-5-3-6-14-47)51-33-25-45(26-34-51)46-27-35-52(36-28-46)64(50-31-23-44(2)24-32-50)54-38-40-62-58(42-54)56-18-10-12-20-60(56)66(62)48-15-7-4-8-16-48/h3-7,9-10,12-14,17-18,20-21,23,25,27,29-33,35,39,41-46,48,51-53H,8,11,15-16,19,22,24,26,28,34,36-38,40H2,1-2H3. The van der Waals surface area contributed by atoms with Gasteiger partial charge in [0.2, 0.25) is 0 Å². The molecule has 0 saturated heterocycles. The van der Waals surface area contributed by atoms with Crippen LogP contribution in [0.15, 0.2) is 151 Å². The molecule has 0 aliphatic heterocycles. The lowest BCUT2D eigenvalue weighted by molar-refractivity contribution is 0.222. The van der Waals surface area contributed by atoms with Crippen LogP contribution in [0.2, 0.25) is 0 Å². The van der Waals surface area contributed by atoms with Gasteiger partial charge in [0.15, 0.2) is 0 Å². The number of para-hydroxylation sites is 2. The molecule has 2 heterocycles. The van der Waals surface area contributed by atoms with Crippen LogP contribution < -0.4 is 10.6 Å². The monoisotopic (exact) mass is 869 g/mol. The van der Waals surface area contributed by atoms with E-state index in [0.717, 1.165) is 51.4 Å². The first-order valence-corrected chi connectivity index (χ1v) is 25.9. The lowest BCUT2D eigenvalue weighted by atomic mass is 9.77. The molecule has 4 aromatic rings. The van der Waals surface area contributed by atoms with E-state index in [-0.39, 0.29) is 0 Å². The fourth-order valence-corrected chi connectivity index (χ4v) is 13.1. The molecule has 0 amide bonds. The van der Waals surface area contributed by atoms with Crippen LogP contribution in [0.4, 0.5) is 0 Å². The topological polar surface area (TPSA) is 16.3 Å². The van der Waals surface area contributed by atoms with Gasteiger partial charge in [0.1, 0.15) is 0 Å². The predicted octanol–water partition coefficient (Wildman–Crippen LogP) is 13.2. The highest BCUT2D eigenvalue weighted by atomic mass is 15.2. The summed E-state index contributed by atoms with van der Waals surface area (Å²) in [6, 6.07) is 21.9. The normalized spacial score (nSPS) is 28.7. The Hall–Kier alpha value is -5.74. The van der Waals surface area contributed by atoms with Gasteiger partial charge in [-0.1, -0.05) is 135 Å². The molecular formula is C62H68N4. The van der Waals surface area contributed by atoms with E-state index >= 15 is 0 Å². The number of fused-ring (bicyclic) bond motifs is 6. The molecule has 4 heteroatoms. The minimum atomic E-state index is 0.317. The van der Waals surface area contributed by atoms with Crippen molar-refractivity contribution in [3.63, 3.8) is 0 Å². The second-order valence-electron chi connectivity index (χ2n) is 20.8. The lowest BCUT2D eigenvalue weighted by Gasteiger charge is -2.43. The van der Waals surface area contributed by atoms with E-state index in [9.17, 15) is 0 Å². The molecule has 2 aromatic carbocycles. The van der Waals surface area contributed by atoms with Crippen LogP contribution in [0.3, 0.4) is 0 Å². The molecule has 0 spiro atoms. The molecule has 2 aromatic heterocycles. The van der Waals surface area contributed by atoms with Gasteiger partial charge in [-0.3, -0.25) is 0 Å². The van der Waals surface area contributed by atoms with Crippen LogP contribution in [-0.4, -0.2) is 37.1 Å². The van der Waals surface area contributed by atoms with Gasteiger partial charge in [0.25, 0.3) is 0 Å². The number of hydrogen-bond acceptors (Lipinski definition) is 2. The summed E-state index contributed by atoms with van der Waals surface area (Å²) < 4.78 is 5.29. The molecule has 336 valence electrons. The zero-order chi connectivity index (χ0) is 44.1. The molecule has 0 N–H and O–H groups in total. The van der Waals surface area contributed by atoms with Crippen LogP contribution in [0.5, 0.6) is 0 Å². The number of benzene rings is 2. The summed E-state index contributed by atoms with van der Waals surface area (Å²) in [6.45, 7) is 4.69. The maximum absolute atomic E-state index is 2.80. The second kappa shape index (κ2) is 17.8. The average molecular weight is 869 g/mol. The highest BCUT2D eigenvalue weighted by Gasteiger charge is 2.35. The summed E-state index contributed by atoms with van der Waals surface area (Å²) in [4.78, 5) is 5.56. The molecular weight excluding hydrogens is 801 g/mol. The highest BCUT2D eigenvalue weighted by Crippen LogP contribution is 2.43. The van der Waals surface area contributed by atoms with Crippen molar-refractivity contribution in [3.05, 3.63) is 184 Å². The smallest absolute Gasteiger partial charge is 0.0524 e. The SMILES string of the molecule is CC1C=CC(N(C2=Cc3c(n(C4CC=CCC4)c4ccccc34)CC2)C2C=CC(C3C=CC(N(C4=CCC(C)C=C4)C4C=c5c6c(n(-c7ccccc7)c5=CC4)CCC=C6)CC3)CC2)=CC1. The lowest BCUT2D eigenvalue weighted by Crippen LogP contribution is -2.46. The number of rotatable bonds is 9. The zero-order valence-corrected chi connectivity index (χ0v) is 39.3. The number of allylic oxidation sites excluding steroid dienone is 12. The summed E-state index contributed by atoms with van der Waals surface area (Å²) in [5.41, 5.74) is 12.9. The molecule has 0 radical (unpaired) electrons. The Labute approximate surface area is 393 Å². The summed E-state index contributed by atoms with van der Waals surface area (Å²) in [6.07, 6.45) is 58.7. The molecule has 8 unspecified atom stereocenters. The van der Waals surface area contributed by atoms with Crippen LogP contribution in [0.25, 0.3) is 40.9 Å². The zero-order valence-electron chi connectivity index (χ0n) is 39.3. The van der Waals surface area contributed by atoms with Gasteiger partial charge >= 0.3 is 0 Å². The van der Waals surface area contributed by atoms with Crippen molar-refractivity contribution in [2.45, 2.75) is 128 Å². The average Bonchev–Trinajstić information content (AvgIpc) is 3.89. The van der Waals surface area contributed by atoms with Crippen molar-refractivity contribution in [1.82, 2.24) is 18.9 Å². The number of aromatic nitrogens is 2. The molecule has 0 bridgehead atoms. The first-order chi connectivity index (χ1) is 32.6. The first kappa shape index (κ1) is 41.7. The molecule has 8 aliphatic carbocycles. The summed E-state index contributed by atoms with van der Waals surface area (Å²) in [7, 11) is 0. The van der Waals surface area contributed by atoms with Gasteiger partial charge in [-0.25, -0.2) is 0 Å². The van der Waals surface area contributed by atoms with Crippen LogP contribution in [0.1, 0.15) is 119 Å². The van der Waals surface area contributed by atoms with E-state index in [4.69, 9.17) is 0 Å². The van der Waals surface area contributed by atoms with Gasteiger partial charge in [0.05, 0.1) is 12.1 Å². The van der Waals surface area contributed by atoms with E-state index in [1.165, 1.54) is 99.6 Å². The molecule has 12 rings (SSSR count). The fourth-order valence-electron chi connectivity index (χ4n) is 13.1. The van der Waals surface area contributed by atoms with Crippen molar-refractivity contribution in [3.8, 4) is 5.69 Å². The van der Waals surface area contributed by atoms with E-state index < -0.39 is 0 Å². The number of nitrogens with zero attached hydrogens (tertiary/aromatic N) is 4. The quantitative estimate of drug-likeness (QED) is 0.156. The highest BCUT2D eigenvalue weighted by molar-refractivity contribution is 5.92. The van der Waals surface area contributed by atoms with Gasteiger partial charge in [-0.05, 0) is 150 Å². The Balaban J connectivity index is 0.817. The minimum Gasteiger partial charge on any atom is -0.359 e. The van der Waals surface area contributed by atoms with E-state index in [2.05, 4.69) is 191 Å². The Kier molecular flexibility index (Phi) is 11.2. The van der Waals surface area contributed by atoms with Gasteiger partial charge in [-0.15, -0.1) is 0 Å². The van der Waals surface area contributed by atoms with Crippen molar-refractivity contribution in [2.75, 3.05) is 0 Å².